The summed E-state index contributed by atoms with van der Waals surface area (Å²) in [6.07, 6.45) is 4.48. The lowest BCUT2D eigenvalue weighted by atomic mass is 10.2. The highest BCUT2D eigenvalue weighted by molar-refractivity contribution is 8.26. The van der Waals surface area contributed by atoms with Gasteiger partial charge in [0.1, 0.15) is 10.4 Å². The molecule has 1 saturated heterocycles. The summed E-state index contributed by atoms with van der Waals surface area (Å²) in [5.41, 5.74) is 0.771. The fourth-order valence-electron chi connectivity index (χ4n) is 1.96. The van der Waals surface area contributed by atoms with Gasteiger partial charge in [-0.05, 0) is 17.7 Å². The quantitative estimate of drug-likeness (QED) is 0.613. The van der Waals surface area contributed by atoms with E-state index < -0.39 is 30.3 Å². The number of carboxylic acids is 2. The molecule has 1 aliphatic heterocycles. The van der Waals surface area contributed by atoms with Crippen molar-refractivity contribution < 1.29 is 24.6 Å². The molecule has 0 spiro atoms. The van der Waals surface area contributed by atoms with Gasteiger partial charge in [0.05, 0.1) is 11.3 Å². The number of aromatic nitrogens is 1. The third-order valence-electron chi connectivity index (χ3n) is 2.94. The number of carboxylic acid groups (broad SMARTS) is 2. The number of nitrogens with zero attached hydrogens (tertiary/aromatic N) is 2. The number of hydrogen-bond acceptors (Lipinski definition) is 5. The molecule has 2 heterocycles. The standard InChI is InChI=1S/C13H12N2O5S2/c1-14-3-2-7(6-14)4-9-11(18)15(13(21)22-9)8(12(19)20)5-10(16)17/h2-4,6,8H,5H2,1H3,(H,16,17)(H,19,20). The zero-order chi connectivity index (χ0) is 16.4. The number of aliphatic carboxylic acids is 2. The van der Waals surface area contributed by atoms with E-state index >= 15 is 0 Å². The van der Waals surface area contributed by atoms with Crippen molar-refractivity contribution in [3.8, 4) is 0 Å². The Morgan fingerprint density at radius 3 is 2.64 bits per heavy atom. The first-order chi connectivity index (χ1) is 10.3. The highest BCUT2D eigenvalue weighted by atomic mass is 32.2. The van der Waals surface area contributed by atoms with Crippen LogP contribution in [0.5, 0.6) is 0 Å². The van der Waals surface area contributed by atoms with E-state index in [0.717, 1.165) is 22.2 Å². The van der Waals surface area contributed by atoms with Gasteiger partial charge in [-0.15, -0.1) is 0 Å². The van der Waals surface area contributed by atoms with Gasteiger partial charge in [-0.25, -0.2) is 4.79 Å². The molecule has 1 aromatic rings. The number of thiocarbonyl (C=S) groups is 1. The number of hydrogen-bond donors (Lipinski definition) is 2. The highest BCUT2D eigenvalue weighted by Crippen LogP contribution is 2.34. The Kier molecular flexibility index (Phi) is 4.67. The van der Waals surface area contributed by atoms with E-state index in [9.17, 15) is 14.4 Å². The minimum absolute atomic E-state index is 0.0424. The van der Waals surface area contributed by atoms with Crippen LogP contribution in [0.3, 0.4) is 0 Å². The Morgan fingerprint density at radius 1 is 1.45 bits per heavy atom. The molecule has 1 aromatic heterocycles. The predicted octanol–water partition coefficient (Wildman–Crippen LogP) is 1.15. The average molecular weight is 340 g/mol. The molecule has 2 rings (SSSR count). The first kappa shape index (κ1) is 16.2. The van der Waals surface area contributed by atoms with E-state index in [1.807, 2.05) is 7.05 Å². The van der Waals surface area contributed by atoms with Crippen LogP contribution in [0, 0.1) is 0 Å². The number of thioether (sulfide) groups is 1. The zero-order valence-electron chi connectivity index (χ0n) is 11.4. The normalized spacial score (nSPS) is 18.0. The second kappa shape index (κ2) is 6.32. The highest BCUT2D eigenvalue weighted by Gasteiger charge is 2.41. The lowest BCUT2D eigenvalue weighted by Gasteiger charge is -2.21. The molecule has 116 valence electrons. The summed E-state index contributed by atoms with van der Waals surface area (Å²) >= 11 is 5.99. The second-order valence-electron chi connectivity index (χ2n) is 4.61. The Labute approximate surface area is 135 Å². The molecule has 1 amide bonds. The van der Waals surface area contributed by atoms with Gasteiger partial charge in [0.25, 0.3) is 5.91 Å². The van der Waals surface area contributed by atoms with E-state index in [-0.39, 0.29) is 9.23 Å². The predicted molar refractivity (Wildman–Crippen MR) is 84.1 cm³/mol. The van der Waals surface area contributed by atoms with Crippen molar-refractivity contribution in [3.63, 3.8) is 0 Å². The molecule has 0 saturated carbocycles. The third-order valence-corrected chi connectivity index (χ3v) is 4.27. The average Bonchev–Trinajstić information content (AvgIpc) is 2.92. The topological polar surface area (TPSA) is 99.8 Å². The van der Waals surface area contributed by atoms with Crippen LogP contribution in [-0.4, -0.2) is 47.9 Å². The maximum absolute atomic E-state index is 12.3. The van der Waals surface area contributed by atoms with Gasteiger partial charge in [0.15, 0.2) is 0 Å². The summed E-state index contributed by atoms with van der Waals surface area (Å²) in [6, 6.07) is 0.282. The SMILES string of the molecule is Cn1ccc(C=C2SC(=S)N(C(CC(=O)O)C(=O)O)C2=O)c1. The first-order valence-electron chi connectivity index (χ1n) is 6.13. The maximum atomic E-state index is 12.3. The van der Waals surface area contributed by atoms with Crippen molar-refractivity contribution >= 4 is 52.2 Å². The molecule has 1 aliphatic rings. The van der Waals surface area contributed by atoms with Gasteiger partial charge >= 0.3 is 11.9 Å². The van der Waals surface area contributed by atoms with Gasteiger partial charge in [-0.3, -0.25) is 14.5 Å². The second-order valence-corrected chi connectivity index (χ2v) is 6.29. The number of carbonyl (C=O) groups excluding carboxylic acids is 1. The third kappa shape index (κ3) is 3.37. The Bertz CT molecular complexity index is 694. The van der Waals surface area contributed by atoms with Crippen LogP contribution in [0.25, 0.3) is 6.08 Å². The Hall–Kier alpha value is -2.13. The van der Waals surface area contributed by atoms with Gasteiger partial charge in [0.2, 0.25) is 0 Å². The van der Waals surface area contributed by atoms with Crippen LogP contribution in [0.4, 0.5) is 0 Å². The number of rotatable bonds is 5. The Morgan fingerprint density at radius 2 is 2.14 bits per heavy atom. The van der Waals surface area contributed by atoms with Crippen molar-refractivity contribution in [3.05, 3.63) is 28.9 Å². The molecular weight excluding hydrogens is 328 g/mol. The van der Waals surface area contributed by atoms with Gasteiger partial charge in [-0.2, -0.15) is 0 Å². The molecule has 7 nitrogen and oxygen atoms in total. The molecular formula is C13H12N2O5S2. The summed E-state index contributed by atoms with van der Waals surface area (Å²) in [5, 5.41) is 17.9. The van der Waals surface area contributed by atoms with Crippen LogP contribution >= 0.6 is 24.0 Å². The summed E-state index contributed by atoms with van der Waals surface area (Å²) in [5.74, 6) is -3.30. The van der Waals surface area contributed by atoms with Crippen LogP contribution in [0.1, 0.15) is 12.0 Å². The number of aryl methyl sites for hydroxylation is 1. The van der Waals surface area contributed by atoms with Crippen LogP contribution in [0.15, 0.2) is 23.4 Å². The van der Waals surface area contributed by atoms with Crippen molar-refractivity contribution in [2.45, 2.75) is 12.5 Å². The van der Waals surface area contributed by atoms with E-state index in [1.54, 1.807) is 29.1 Å². The molecule has 0 bridgehead atoms. The van der Waals surface area contributed by atoms with Crippen molar-refractivity contribution in [2.75, 3.05) is 0 Å². The molecule has 9 heteroatoms. The fraction of sp³-hybridized carbons (Fsp3) is 0.231. The van der Waals surface area contributed by atoms with E-state index in [0.29, 0.717) is 0 Å². The Balaban J connectivity index is 2.29. The lowest BCUT2D eigenvalue weighted by Crippen LogP contribution is -2.45. The minimum atomic E-state index is -1.51. The summed E-state index contributed by atoms with van der Waals surface area (Å²) in [4.78, 5) is 35.5. The molecule has 1 atom stereocenters. The molecule has 1 fully saturated rings. The van der Waals surface area contributed by atoms with Crippen molar-refractivity contribution in [1.29, 1.82) is 0 Å². The molecule has 0 aliphatic carbocycles. The van der Waals surface area contributed by atoms with Crippen LogP contribution in [-0.2, 0) is 21.4 Å². The smallest absolute Gasteiger partial charge is 0.327 e. The maximum Gasteiger partial charge on any atom is 0.327 e. The zero-order valence-corrected chi connectivity index (χ0v) is 13.1. The summed E-state index contributed by atoms with van der Waals surface area (Å²) < 4.78 is 1.85. The van der Waals surface area contributed by atoms with Crippen molar-refractivity contribution in [1.82, 2.24) is 9.47 Å². The van der Waals surface area contributed by atoms with Gasteiger partial charge in [-0.1, -0.05) is 24.0 Å². The molecule has 1 unspecified atom stereocenters. The monoisotopic (exact) mass is 340 g/mol. The van der Waals surface area contributed by atoms with Crippen LogP contribution < -0.4 is 0 Å². The lowest BCUT2D eigenvalue weighted by molar-refractivity contribution is -0.150. The number of amides is 1. The molecule has 2 N–H and O–H groups in total. The van der Waals surface area contributed by atoms with E-state index in [4.69, 9.17) is 22.4 Å². The largest absolute Gasteiger partial charge is 0.481 e. The number of carbonyl (C=O) groups is 3. The van der Waals surface area contributed by atoms with Crippen LogP contribution in [0.2, 0.25) is 0 Å². The fourth-order valence-corrected chi connectivity index (χ4v) is 3.32. The summed E-state index contributed by atoms with van der Waals surface area (Å²) in [7, 11) is 1.83. The van der Waals surface area contributed by atoms with Gasteiger partial charge < -0.3 is 14.8 Å². The van der Waals surface area contributed by atoms with E-state index in [2.05, 4.69) is 0 Å². The minimum Gasteiger partial charge on any atom is -0.481 e. The molecule has 22 heavy (non-hydrogen) atoms. The van der Waals surface area contributed by atoms with E-state index in [1.165, 1.54) is 0 Å². The molecule has 0 aromatic carbocycles. The molecule has 0 radical (unpaired) electrons. The summed E-state index contributed by atoms with van der Waals surface area (Å²) in [6.45, 7) is 0. The van der Waals surface area contributed by atoms with Crippen molar-refractivity contribution in [2.24, 2.45) is 7.05 Å². The first-order valence-corrected chi connectivity index (χ1v) is 7.35. The van der Waals surface area contributed by atoms with Gasteiger partial charge in [0, 0.05) is 19.4 Å².